The van der Waals surface area contributed by atoms with E-state index in [1.165, 1.54) is 24.4 Å². The van der Waals surface area contributed by atoms with E-state index in [0.717, 1.165) is 0 Å². The van der Waals surface area contributed by atoms with Crippen molar-refractivity contribution >= 4 is 33.6 Å². The first-order chi connectivity index (χ1) is 14.8. The Kier molecular flexibility index (Phi) is 8.19. The third-order valence-electron chi connectivity index (χ3n) is 4.02. The predicted octanol–water partition coefficient (Wildman–Crippen LogP) is 3.54. The van der Waals surface area contributed by atoms with E-state index >= 15 is 0 Å². The van der Waals surface area contributed by atoms with Crippen LogP contribution in [0.15, 0.2) is 41.4 Å². The van der Waals surface area contributed by atoms with E-state index in [-0.39, 0.29) is 22.5 Å². The molecule has 0 saturated heterocycles. The molecule has 1 aromatic carbocycles. The van der Waals surface area contributed by atoms with E-state index < -0.39 is 33.7 Å². The van der Waals surface area contributed by atoms with Gasteiger partial charge in [-0.05, 0) is 62.9 Å². The predicted molar refractivity (Wildman–Crippen MR) is 120 cm³/mol. The van der Waals surface area contributed by atoms with Gasteiger partial charge in [-0.1, -0.05) is 26.0 Å². The zero-order chi connectivity index (χ0) is 24.1. The maximum Gasteiger partial charge on any atom is 0.408 e. The lowest BCUT2D eigenvalue weighted by Crippen LogP contribution is -2.50. The first-order valence-electron chi connectivity index (χ1n) is 9.92. The minimum Gasteiger partial charge on any atom is -0.444 e. The molecule has 9 nitrogen and oxygen atoms in total. The van der Waals surface area contributed by atoms with E-state index in [0.29, 0.717) is 11.3 Å². The fourth-order valence-corrected chi connectivity index (χ4v) is 3.95. The minimum atomic E-state index is -4.22. The van der Waals surface area contributed by atoms with E-state index in [4.69, 9.17) is 16.3 Å². The van der Waals surface area contributed by atoms with Gasteiger partial charge in [-0.2, -0.15) is 0 Å². The van der Waals surface area contributed by atoms with Gasteiger partial charge < -0.3 is 10.1 Å². The molecule has 2 amide bonds. The van der Waals surface area contributed by atoms with Gasteiger partial charge in [-0.15, -0.1) is 0 Å². The molecule has 1 heterocycles. The lowest BCUT2D eigenvalue weighted by atomic mass is 10.0. The van der Waals surface area contributed by atoms with Gasteiger partial charge in [0, 0.05) is 11.8 Å². The summed E-state index contributed by atoms with van der Waals surface area (Å²) >= 11 is 5.81. The second kappa shape index (κ2) is 10.3. The summed E-state index contributed by atoms with van der Waals surface area (Å²) in [6, 6.07) is 6.39. The maximum absolute atomic E-state index is 12.9. The minimum absolute atomic E-state index is 0.00855. The van der Waals surface area contributed by atoms with Crippen molar-refractivity contribution in [2.24, 2.45) is 5.92 Å². The number of amides is 2. The molecule has 2 rings (SSSR count). The zero-order valence-electron chi connectivity index (χ0n) is 18.5. The molecule has 2 N–H and O–H groups in total. The lowest BCUT2D eigenvalue weighted by molar-refractivity contribution is -0.121. The second-order valence-corrected chi connectivity index (χ2v) is 10.6. The molecule has 0 aliphatic rings. The highest BCUT2D eigenvalue weighted by Crippen LogP contribution is 2.21. The molecule has 0 fully saturated rings. The van der Waals surface area contributed by atoms with Crippen LogP contribution in [0.4, 0.5) is 4.79 Å². The number of nitrogens with one attached hydrogen (secondary N) is 2. The Morgan fingerprint density at radius 1 is 1.19 bits per heavy atom. The SMILES string of the molecule is CC(C)CC(NC(=O)OC(C)(C)C)C(=O)NS(=O)(=O)c1cccc(-c2ccnc(Cl)n2)c1. The highest BCUT2D eigenvalue weighted by Gasteiger charge is 2.28. The Morgan fingerprint density at radius 3 is 2.47 bits per heavy atom. The summed E-state index contributed by atoms with van der Waals surface area (Å²) in [7, 11) is -4.22. The van der Waals surface area contributed by atoms with Gasteiger partial charge in [0.1, 0.15) is 11.6 Å². The molecule has 0 saturated carbocycles. The van der Waals surface area contributed by atoms with Crippen molar-refractivity contribution in [3.8, 4) is 11.3 Å². The molecule has 2 aromatic rings. The lowest BCUT2D eigenvalue weighted by Gasteiger charge is -2.24. The van der Waals surface area contributed by atoms with Crippen LogP contribution in [0, 0.1) is 5.92 Å². The van der Waals surface area contributed by atoms with Gasteiger partial charge in [0.2, 0.25) is 5.28 Å². The van der Waals surface area contributed by atoms with Gasteiger partial charge in [0.25, 0.3) is 15.9 Å². The fourth-order valence-electron chi connectivity index (χ4n) is 2.73. The molecule has 0 aliphatic carbocycles. The van der Waals surface area contributed by atoms with Crippen LogP contribution in [-0.4, -0.2) is 42.0 Å². The molecule has 1 atom stereocenters. The van der Waals surface area contributed by atoms with Crippen molar-refractivity contribution in [1.29, 1.82) is 0 Å². The standard InChI is InChI=1S/C21H27ClN4O5S/c1-13(2)11-17(25-20(28)31-21(3,4)5)18(27)26-32(29,30)15-8-6-7-14(12-15)16-9-10-23-19(22)24-16/h6-10,12-13,17H,11H2,1-5H3,(H,25,28)(H,26,27). The Labute approximate surface area is 193 Å². The Morgan fingerprint density at radius 2 is 1.88 bits per heavy atom. The normalized spacial score (nSPS) is 12.8. The summed E-state index contributed by atoms with van der Waals surface area (Å²) in [4.78, 5) is 32.6. The number of hydrogen-bond donors (Lipinski definition) is 2. The smallest absolute Gasteiger partial charge is 0.408 e. The van der Waals surface area contributed by atoms with Crippen molar-refractivity contribution in [1.82, 2.24) is 20.0 Å². The molecule has 174 valence electrons. The molecule has 0 radical (unpaired) electrons. The number of rotatable bonds is 7. The monoisotopic (exact) mass is 482 g/mol. The van der Waals surface area contributed by atoms with Crippen LogP contribution in [0.2, 0.25) is 5.28 Å². The average Bonchev–Trinajstić information content (AvgIpc) is 2.65. The summed E-state index contributed by atoms with van der Waals surface area (Å²) < 4.78 is 33.0. The molecule has 0 bridgehead atoms. The van der Waals surface area contributed by atoms with Crippen molar-refractivity contribution < 1.29 is 22.7 Å². The molecule has 1 unspecified atom stereocenters. The maximum atomic E-state index is 12.9. The highest BCUT2D eigenvalue weighted by molar-refractivity contribution is 7.90. The summed E-state index contributed by atoms with van der Waals surface area (Å²) in [5, 5.41) is 2.47. The van der Waals surface area contributed by atoms with E-state index in [2.05, 4.69) is 15.3 Å². The number of carbonyl (C=O) groups is 2. The summed E-state index contributed by atoms with van der Waals surface area (Å²) in [6.45, 7) is 8.76. The Balaban J connectivity index is 2.23. The van der Waals surface area contributed by atoms with E-state index in [1.54, 1.807) is 32.9 Å². The van der Waals surface area contributed by atoms with Gasteiger partial charge >= 0.3 is 6.09 Å². The molecular formula is C21H27ClN4O5S. The third-order valence-corrected chi connectivity index (χ3v) is 5.54. The molecule has 1 aromatic heterocycles. The van der Waals surface area contributed by atoms with Crippen LogP contribution in [-0.2, 0) is 19.6 Å². The van der Waals surface area contributed by atoms with Crippen LogP contribution in [0.3, 0.4) is 0 Å². The second-order valence-electron chi connectivity index (χ2n) is 8.54. The number of carbonyl (C=O) groups excluding carboxylic acids is 2. The Bertz CT molecular complexity index is 1080. The largest absolute Gasteiger partial charge is 0.444 e. The number of alkyl carbamates (subject to hydrolysis) is 1. The summed E-state index contributed by atoms with van der Waals surface area (Å²) in [6.07, 6.45) is 0.866. The summed E-state index contributed by atoms with van der Waals surface area (Å²) in [5.74, 6) is -0.853. The van der Waals surface area contributed by atoms with Gasteiger partial charge in [0.05, 0.1) is 10.6 Å². The van der Waals surface area contributed by atoms with Gasteiger partial charge in [-0.25, -0.2) is 27.9 Å². The Hall–Kier alpha value is -2.72. The first-order valence-corrected chi connectivity index (χ1v) is 11.8. The quantitative estimate of drug-likeness (QED) is 0.577. The molecule has 0 aliphatic heterocycles. The van der Waals surface area contributed by atoms with E-state index in [9.17, 15) is 18.0 Å². The number of ether oxygens (including phenoxy) is 1. The number of halogens is 1. The molecule has 0 spiro atoms. The zero-order valence-corrected chi connectivity index (χ0v) is 20.1. The average molecular weight is 483 g/mol. The first kappa shape index (κ1) is 25.5. The van der Waals surface area contributed by atoms with E-state index in [1.807, 2.05) is 18.6 Å². The molecule has 11 heteroatoms. The van der Waals surface area contributed by atoms with Gasteiger partial charge in [-0.3, -0.25) is 4.79 Å². The van der Waals surface area contributed by atoms with Gasteiger partial charge in [0.15, 0.2) is 0 Å². The summed E-state index contributed by atoms with van der Waals surface area (Å²) in [5.41, 5.74) is 0.146. The van der Waals surface area contributed by atoms with Crippen LogP contribution in [0.5, 0.6) is 0 Å². The number of aromatic nitrogens is 2. The van der Waals surface area contributed by atoms with Crippen molar-refractivity contribution in [2.45, 2.75) is 57.6 Å². The van der Waals surface area contributed by atoms with Crippen LogP contribution in [0.25, 0.3) is 11.3 Å². The third kappa shape index (κ3) is 7.76. The number of sulfonamides is 1. The number of benzene rings is 1. The number of hydrogen-bond acceptors (Lipinski definition) is 7. The van der Waals surface area contributed by atoms with Crippen molar-refractivity contribution in [3.05, 3.63) is 41.8 Å². The van der Waals surface area contributed by atoms with Crippen molar-refractivity contribution in [3.63, 3.8) is 0 Å². The van der Waals surface area contributed by atoms with Crippen molar-refractivity contribution in [2.75, 3.05) is 0 Å². The van der Waals surface area contributed by atoms with Crippen LogP contribution < -0.4 is 10.0 Å². The molecule has 32 heavy (non-hydrogen) atoms. The molecular weight excluding hydrogens is 456 g/mol. The highest BCUT2D eigenvalue weighted by atomic mass is 35.5. The van der Waals surface area contributed by atoms with Crippen LogP contribution in [0.1, 0.15) is 41.0 Å². The fraction of sp³-hybridized carbons (Fsp3) is 0.429. The van der Waals surface area contributed by atoms with Crippen LogP contribution >= 0.6 is 11.6 Å². The topological polar surface area (TPSA) is 127 Å². The number of nitrogens with zero attached hydrogens (tertiary/aromatic N) is 2.